The summed E-state index contributed by atoms with van der Waals surface area (Å²) in [6, 6.07) is 0. The molecule has 0 aromatic heterocycles. The topological polar surface area (TPSA) is 69.7 Å². The number of rotatable bonds is 4. The van der Waals surface area contributed by atoms with E-state index in [1.807, 2.05) is 0 Å². The predicted molar refractivity (Wildman–Crippen MR) is 58.8 cm³/mol. The Kier molecular flexibility index (Phi) is 4.73. The van der Waals surface area contributed by atoms with Crippen LogP contribution in [0.4, 0.5) is 0 Å². The van der Waals surface area contributed by atoms with Crippen molar-refractivity contribution in [2.24, 2.45) is 5.92 Å². The Labute approximate surface area is 96.0 Å². The Bertz CT molecular complexity index is 329. The summed E-state index contributed by atoms with van der Waals surface area (Å²) in [7, 11) is -2.00. The zero-order chi connectivity index (χ0) is 12.2. The molecule has 5 nitrogen and oxygen atoms in total. The smallest absolute Gasteiger partial charge is 0.309 e. The Morgan fingerprint density at radius 3 is 2.75 bits per heavy atom. The van der Waals surface area contributed by atoms with Gasteiger partial charge in [0, 0.05) is 6.61 Å². The molecular weight excluding hydrogens is 232 g/mol. The van der Waals surface area contributed by atoms with E-state index in [1.165, 1.54) is 7.11 Å². The fraction of sp³-hybridized carbons (Fsp3) is 0.900. The average Bonchev–Trinajstić information content (AvgIpc) is 2.28. The van der Waals surface area contributed by atoms with Crippen LogP contribution in [0.5, 0.6) is 0 Å². The quantitative estimate of drug-likeness (QED) is 0.675. The second kappa shape index (κ2) is 5.63. The normalized spacial score (nSPS) is 23.8. The molecule has 94 valence electrons. The molecule has 6 heteroatoms. The van der Waals surface area contributed by atoms with Gasteiger partial charge in [-0.2, -0.15) is 0 Å². The molecule has 0 bridgehead atoms. The third-order valence-corrected chi connectivity index (χ3v) is 5.06. The Hall–Kier alpha value is -0.620. The number of methoxy groups -OCH3 is 1. The van der Waals surface area contributed by atoms with E-state index in [2.05, 4.69) is 4.74 Å². The second-order valence-corrected chi connectivity index (χ2v) is 6.42. The van der Waals surface area contributed by atoms with Gasteiger partial charge in [-0.15, -0.1) is 0 Å². The maximum atomic E-state index is 11.9. The first-order valence-electron chi connectivity index (χ1n) is 5.34. The molecular formula is C10H18O5S. The van der Waals surface area contributed by atoms with Crippen molar-refractivity contribution in [2.45, 2.75) is 25.0 Å². The Morgan fingerprint density at radius 1 is 1.56 bits per heavy atom. The van der Waals surface area contributed by atoms with Crippen LogP contribution in [0.15, 0.2) is 0 Å². The number of ether oxygens (including phenoxy) is 2. The monoisotopic (exact) mass is 250 g/mol. The number of carbonyl (C=O) groups excluding carboxylic acids is 1. The van der Waals surface area contributed by atoms with Gasteiger partial charge in [0.1, 0.15) is 0 Å². The van der Waals surface area contributed by atoms with E-state index in [4.69, 9.17) is 4.74 Å². The molecule has 0 radical (unpaired) electrons. The highest BCUT2D eigenvalue weighted by molar-refractivity contribution is 7.92. The van der Waals surface area contributed by atoms with E-state index >= 15 is 0 Å². The Morgan fingerprint density at radius 2 is 2.25 bits per heavy atom. The maximum Gasteiger partial charge on any atom is 0.309 e. The fourth-order valence-electron chi connectivity index (χ4n) is 1.75. The molecule has 2 unspecified atom stereocenters. The highest BCUT2D eigenvalue weighted by atomic mass is 32.2. The van der Waals surface area contributed by atoms with Crippen molar-refractivity contribution in [1.29, 1.82) is 0 Å². The summed E-state index contributed by atoms with van der Waals surface area (Å²) >= 11 is 0. The first-order chi connectivity index (χ1) is 7.47. The highest BCUT2D eigenvalue weighted by Gasteiger charge is 2.31. The number of hydrogen-bond donors (Lipinski definition) is 0. The van der Waals surface area contributed by atoms with Gasteiger partial charge in [-0.3, -0.25) is 4.79 Å². The summed E-state index contributed by atoms with van der Waals surface area (Å²) in [4.78, 5) is 11.2. The molecule has 0 aliphatic carbocycles. The summed E-state index contributed by atoms with van der Waals surface area (Å²) in [5, 5.41) is -0.464. The van der Waals surface area contributed by atoms with Crippen LogP contribution in [0.2, 0.25) is 0 Å². The largest absolute Gasteiger partial charge is 0.469 e. The molecule has 1 rings (SSSR count). The summed E-state index contributed by atoms with van der Waals surface area (Å²) in [5.41, 5.74) is 0. The minimum atomic E-state index is -3.26. The minimum Gasteiger partial charge on any atom is -0.469 e. The molecule has 0 saturated carbocycles. The van der Waals surface area contributed by atoms with Gasteiger partial charge in [-0.25, -0.2) is 8.42 Å². The van der Waals surface area contributed by atoms with Crippen LogP contribution in [-0.2, 0) is 24.1 Å². The van der Waals surface area contributed by atoms with Crippen LogP contribution in [-0.4, -0.2) is 45.7 Å². The van der Waals surface area contributed by atoms with Crippen molar-refractivity contribution in [3.63, 3.8) is 0 Å². The first kappa shape index (κ1) is 13.4. The van der Waals surface area contributed by atoms with Crippen LogP contribution >= 0.6 is 0 Å². The summed E-state index contributed by atoms with van der Waals surface area (Å²) in [5.74, 6) is -1.26. The molecule has 1 aliphatic heterocycles. The molecule has 0 spiro atoms. The minimum absolute atomic E-state index is 0.159. The van der Waals surface area contributed by atoms with Crippen molar-refractivity contribution in [3.05, 3.63) is 0 Å². The van der Waals surface area contributed by atoms with E-state index in [0.717, 1.165) is 6.42 Å². The van der Waals surface area contributed by atoms with Gasteiger partial charge >= 0.3 is 5.97 Å². The van der Waals surface area contributed by atoms with Gasteiger partial charge in [0.15, 0.2) is 9.84 Å². The third kappa shape index (κ3) is 3.45. The highest BCUT2D eigenvalue weighted by Crippen LogP contribution is 2.18. The van der Waals surface area contributed by atoms with Crippen LogP contribution in [0.25, 0.3) is 0 Å². The molecule has 1 heterocycles. The van der Waals surface area contributed by atoms with Crippen LogP contribution < -0.4 is 0 Å². The van der Waals surface area contributed by atoms with Crippen LogP contribution in [0.3, 0.4) is 0 Å². The molecule has 0 N–H and O–H groups in total. The van der Waals surface area contributed by atoms with Gasteiger partial charge in [-0.1, -0.05) is 6.92 Å². The summed E-state index contributed by atoms with van der Waals surface area (Å²) < 4.78 is 33.5. The lowest BCUT2D eigenvalue weighted by atomic mass is 10.2. The van der Waals surface area contributed by atoms with E-state index in [1.54, 1.807) is 6.92 Å². The second-order valence-electron chi connectivity index (χ2n) is 4.09. The molecule has 1 aliphatic rings. The lowest BCUT2D eigenvalue weighted by molar-refractivity contribution is -0.144. The molecule has 1 saturated heterocycles. The molecule has 2 atom stereocenters. The van der Waals surface area contributed by atoms with E-state index in [-0.39, 0.29) is 12.4 Å². The first-order valence-corrected chi connectivity index (χ1v) is 7.06. The van der Waals surface area contributed by atoms with Gasteiger partial charge in [0.25, 0.3) is 0 Å². The standard InChI is InChI=1S/C10H18O5S/c1-8(10(11)14-2)7-16(12,13)9-4-3-5-15-6-9/h8-9H,3-7H2,1-2H3. The van der Waals surface area contributed by atoms with Crippen molar-refractivity contribution < 1.29 is 22.7 Å². The van der Waals surface area contributed by atoms with Gasteiger partial charge in [0.2, 0.25) is 0 Å². The van der Waals surface area contributed by atoms with Crippen LogP contribution in [0.1, 0.15) is 19.8 Å². The summed E-state index contributed by atoms with van der Waals surface area (Å²) in [6.07, 6.45) is 1.38. The molecule has 0 aromatic carbocycles. The zero-order valence-corrected chi connectivity index (χ0v) is 10.5. The zero-order valence-electron chi connectivity index (χ0n) is 9.64. The third-order valence-electron chi connectivity index (χ3n) is 2.71. The lowest BCUT2D eigenvalue weighted by Gasteiger charge is -2.23. The molecule has 0 amide bonds. The Balaban J connectivity index is 2.60. The SMILES string of the molecule is COC(=O)C(C)CS(=O)(=O)C1CCCOC1. The van der Waals surface area contributed by atoms with E-state index in [9.17, 15) is 13.2 Å². The number of esters is 1. The van der Waals surface area contributed by atoms with Crippen molar-refractivity contribution in [2.75, 3.05) is 26.1 Å². The molecule has 1 fully saturated rings. The van der Waals surface area contributed by atoms with E-state index in [0.29, 0.717) is 13.0 Å². The lowest BCUT2D eigenvalue weighted by Crippen LogP contribution is -2.35. The average molecular weight is 250 g/mol. The molecule has 16 heavy (non-hydrogen) atoms. The summed E-state index contributed by atoms with van der Waals surface area (Å²) in [6.45, 7) is 2.43. The number of hydrogen-bond acceptors (Lipinski definition) is 5. The van der Waals surface area contributed by atoms with Crippen molar-refractivity contribution >= 4 is 15.8 Å². The van der Waals surface area contributed by atoms with Gasteiger partial charge in [-0.05, 0) is 12.8 Å². The van der Waals surface area contributed by atoms with Gasteiger partial charge < -0.3 is 9.47 Å². The van der Waals surface area contributed by atoms with E-state index < -0.39 is 27.0 Å². The molecule has 0 aromatic rings. The number of carbonyl (C=O) groups is 1. The van der Waals surface area contributed by atoms with Crippen molar-refractivity contribution in [3.8, 4) is 0 Å². The van der Waals surface area contributed by atoms with Crippen LogP contribution in [0, 0.1) is 5.92 Å². The predicted octanol–water partition coefficient (Wildman–Crippen LogP) is 0.389. The van der Waals surface area contributed by atoms with Crippen molar-refractivity contribution in [1.82, 2.24) is 0 Å². The van der Waals surface area contributed by atoms with Gasteiger partial charge in [0.05, 0.1) is 30.6 Å². The fourth-order valence-corrected chi connectivity index (χ4v) is 3.68. The number of sulfone groups is 1. The maximum absolute atomic E-state index is 11.9.